The lowest BCUT2D eigenvalue weighted by molar-refractivity contribution is 0.0114. The molecular weight excluding hydrogens is 363 g/mol. The Labute approximate surface area is 145 Å². The summed E-state index contributed by atoms with van der Waals surface area (Å²) in [4.78, 5) is 14.2. The molecule has 2 rings (SSSR count). The van der Waals surface area contributed by atoms with E-state index in [1.54, 1.807) is 17.0 Å². The van der Waals surface area contributed by atoms with E-state index in [4.69, 9.17) is 4.74 Å². The van der Waals surface area contributed by atoms with Crippen LogP contribution in [0.2, 0.25) is 0 Å². The van der Waals surface area contributed by atoms with E-state index < -0.39 is 5.60 Å². The Bertz CT molecular complexity index is 560. The van der Waals surface area contributed by atoms with Crippen molar-refractivity contribution in [3.05, 3.63) is 28.5 Å². The number of benzene rings is 1. The average molecular weight is 387 g/mol. The molecule has 1 N–H and O–H groups in total. The van der Waals surface area contributed by atoms with Gasteiger partial charge < -0.3 is 15.0 Å². The zero-order valence-corrected chi connectivity index (χ0v) is 15.5. The first kappa shape index (κ1) is 18.0. The maximum absolute atomic E-state index is 13.3. The molecule has 1 fully saturated rings. The fourth-order valence-electron chi connectivity index (χ4n) is 2.62. The summed E-state index contributed by atoms with van der Waals surface area (Å²) in [6.45, 7) is 6.96. The second-order valence-electron chi connectivity index (χ2n) is 6.83. The van der Waals surface area contributed by atoms with Crippen molar-refractivity contribution in [3.8, 4) is 0 Å². The number of piperidine rings is 1. The van der Waals surface area contributed by atoms with Gasteiger partial charge in [0.05, 0.1) is 10.5 Å². The van der Waals surface area contributed by atoms with Crippen molar-refractivity contribution in [2.24, 2.45) is 0 Å². The lowest BCUT2D eigenvalue weighted by Gasteiger charge is -2.37. The van der Waals surface area contributed by atoms with E-state index in [2.05, 4.69) is 21.2 Å². The summed E-state index contributed by atoms with van der Waals surface area (Å²) in [6, 6.07) is 4.90. The standard InChI is InChI=1S/C17H24BrFN2O2/c1-17(2,3)23-16(22)21-9-5-4-6-13(21)11-20-12-7-8-15(19)14(18)10-12/h7-8,10,13,20H,4-6,9,11H2,1-3H3. The van der Waals surface area contributed by atoms with Crippen molar-refractivity contribution in [3.63, 3.8) is 0 Å². The minimum absolute atomic E-state index is 0.0856. The van der Waals surface area contributed by atoms with Gasteiger partial charge in [-0.15, -0.1) is 0 Å². The number of anilines is 1. The Hall–Kier alpha value is -1.30. The third kappa shape index (κ3) is 5.37. The van der Waals surface area contributed by atoms with Gasteiger partial charge in [-0.1, -0.05) is 0 Å². The Morgan fingerprint density at radius 2 is 2.17 bits per heavy atom. The lowest BCUT2D eigenvalue weighted by atomic mass is 10.0. The number of halogens is 2. The van der Waals surface area contributed by atoms with Crippen LogP contribution in [0.3, 0.4) is 0 Å². The predicted octanol–water partition coefficient (Wildman–Crippen LogP) is 4.79. The highest BCUT2D eigenvalue weighted by Gasteiger charge is 2.30. The topological polar surface area (TPSA) is 41.6 Å². The van der Waals surface area contributed by atoms with Crippen molar-refractivity contribution in [2.45, 2.75) is 51.7 Å². The van der Waals surface area contributed by atoms with Crippen LogP contribution < -0.4 is 5.32 Å². The maximum Gasteiger partial charge on any atom is 0.410 e. The first-order valence-corrected chi connectivity index (χ1v) is 8.74. The molecule has 1 aliphatic rings. The summed E-state index contributed by atoms with van der Waals surface area (Å²) in [5.41, 5.74) is 0.335. The number of carbonyl (C=O) groups excluding carboxylic acids is 1. The van der Waals surface area contributed by atoms with Crippen molar-refractivity contribution in [1.29, 1.82) is 0 Å². The molecule has 1 atom stereocenters. The third-order valence-corrected chi connectivity index (χ3v) is 4.32. The lowest BCUT2D eigenvalue weighted by Crippen LogP contribution is -2.48. The first-order valence-electron chi connectivity index (χ1n) is 7.95. The molecule has 0 aromatic heterocycles. The molecule has 6 heteroatoms. The number of carbonyl (C=O) groups is 1. The fraction of sp³-hybridized carbons (Fsp3) is 0.588. The van der Waals surface area contributed by atoms with Gasteiger partial charge in [0.25, 0.3) is 0 Å². The summed E-state index contributed by atoms with van der Waals surface area (Å²) in [5, 5.41) is 3.28. The number of amides is 1. The van der Waals surface area contributed by atoms with E-state index in [9.17, 15) is 9.18 Å². The Balaban J connectivity index is 1.98. The van der Waals surface area contributed by atoms with Gasteiger partial charge in [0.1, 0.15) is 11.4 Å². The van der Waals surface area contributed by atoms with Gasteiger partial charge in [0, 0.05) is 18.8 Å². The molecule has 1 aromatic rings. The van der Waals surface area contributed by atoms with Crippen LogP contribution in [-0.2, 0) is 4.74 Å². The van der Waals surface area contributed by atoms with Gasteiger partial charge in [-0.25, -0.2) is 9.18 Å². The molecule has 1 amide bonds. The summed E-state index contributed by atoms with van der Waals surface area (Å²) in [7, 11) is 0. The van der Waals surface area contributed by atoms with Crippen LogP contribution in [0, 0.1) is 5.82 Å². The first-order chi connectivity index (χ1) is 10.8. The second kappa shape index (κ2) is 7.51. The van der Waals surface area contributed by atoms with Crippen molar-refractivity contribution < 1.29 is 13.9 Å². The summed E-state index contributed by atoms with van der Waals surface area (Å²) >= 11 is 3.18. The number of hydrogen-bond acceptors (Lipinski definition) is 3. The molecule has 0 spiro atoms. The van der Waals surface area contributed by atoms with Crippen molar-refractivity contribution in [1.82, 2.24) is 4.90 Å². The smallest absolute Gasteiger partial charge is 0.410 e. The van der Waals surface area contributed by atoms with E-state index in [-0.39, 0.29) is 18.0 Å². The van der Waals surface area contributed by atoms with Gasteiger partial charge in [-0.2, -0.15) is 0 Å². The van der Waals surface area contributed by atoms with E-state index in [0.717, 1.165) is 24.9 Å². The monoisotopic (exact) mass is 386 g/mol. The zero-order chi connectivity index (χ0) is 17.0. The molecule has 1 aliphatic heterocycles. The average Bonchev–Trinajstić information content (AvgIpc) is 2.47. The van der Waals surface area contributed by atoms with E-state index in [1.807, 2.05) is 20.8 Å². The Kier molecular flexibility index (Phi) is 5.89. The van der Waals surface area contributed by atoms with Gasteiger partial charge in [-0.05, 0) is 74.2 Å². The molecule has 0 bridgehead atoms. The highest BCUT2D eigenvalue weighted by Crippen LogP contribution is 2.23. The predicted molar refractivity (Wildman–Crippen MR) is 93.2 cm³/mol. The molecule has 0 saturated carbocycles. The summed E-state index contributed by atoms with van der Waals surface area (Å²) in [6.07, 6.45) is 2.77. The van der Waals surface area contributed by atoms with Gasteiger partial charge >= 0.3 is 6.09 Å². The quantitative estimate of drug-likeness (QED) is 0.811. The number of hydrogen-bond donors (Lipinski definition) is 1. The minimum Gasteiger partial charge on any atom is -0.444 e. The fourth-order valence-corrected chi connectivity index (χ4v) is 2.99. The number of likely N-dealkylation sites (tertiary alicyclic amines) is 1. The number of nitrogens with zero attached hydrogens (tertiary/aromatic N) is 1. The highest BCUT2D eigenvalue weighted by atomic mass is 79.9. The molecule has 4 nitrogen and oxygen atoms in total. The van der Waals surface area contributed by atoms with Crippen LogP contribution in [0.1, 0.15) is 40.0 Å². The van der Waals surface area contributed by atoms with Crippen LogP contribution in [0.25, 0.3) is 0 Å². The number of rotatable bonds is 3. The molecule has 1 saturated heterocycles. The highest BCUT2D eigenvalue weighted by molar-refractivity contribution is 9.10. The summed E-state index contributed by atoms with van der Waals surface area (Å²) in [5.74, 6) is -0.288. The molecule has 0 radical (unpaired) electrons. The van der Waals surface area contributed by atoms with Gasteiger partial charge in [-0.3, -0.25) is 0 Å². The van der Waals surface area contributed by atoms with Crippen LogP contribution in [0.5, 0.6) is 0 Å². The Morgan fingerprint density at radius 3 is 2.83 bits per heavy atom. The van der Waals surface area contributed by atoms with Crippen molar-refractivity contribution in [2.75, 3.05) is 18.4 Å². The SMILES string of the molecule is CC(C)(C)OC(=O)N1CCCCC1CNc1ccc(F)c(Br)c1. The molecule has 1 heterocycles. The van der Waals surface area contributed by atoms with Gasteiger partial charge in [0.2, 0.25) is 0 Å². The number of nitrogens with one attached hydrogen (secondary N) is 1. The largest absolute Gasteiger partial charge is 0.444 e. The van der Waals surface area contributed by atoms with Crippen LogP contribution in [0.4, 0.5) is 14.9 Å². The van der Waals surface area contributed by atoms with Crippen LogP contribution in [0.15, 0.2) is 22.7 Å². The minimum atomic E-state index is -0.492. The second-order valence-corrected chi connectivity index (χ2v) is 7.69. The van der Waals surface area contributed by atoms with Gasteiger partial charge in [0.15, 0.2) is 0 Å². The molecule has 1 aromatic carbocycles. The molecule has 23 heavy (non-hydrogen) atoms. The van der Waals surface area contributed by atoms with E-state index in [0.29, 0.717) is 17.6 Å². The molecule has 128 valence electrons. The number of ether oxygens (including phenoxy) is 1. The normalized spacial score (nSPS) is 18.7. The van der Waals surface area contributed by atoms with Crippen LogP contribution in [-0.4, -0.2) is 35.7 Å². The third-order valence-electron chi connectivity index (χ3n) is 3.72. The summed E-state index contributed by atoms with van der Waals surface area (Å²) < 4.78 is 19.2. The molecule has 0 aliphatic carbocycles. The molecular formula is C17H24BrFN2O2. The van der Waals surface area contributed by atoms with E-state index in [1.165, 1.54) is 6.07 Å². The maximum atomic E-state index is 13.3. The van der Waals surface area contributed by atoms with Crippen molar-refractivity contribution >= 4 is 27.7 Å². The zero-order valence-electron chi connectivity index (χ0n) is 13.9. The van der Waals surface area contributed by atoms with Crippen LogP contribution >= 0.6 is 15.9 Å². The molecule has 1 unspecified atom stereocenters. The van der Waals surface area contributed by atoms with E-state index >= 15 is 0 Å². The Morgan fingerprint density at radius 1 is 1.43 bits per heavy atom.